The van der Waals surface area contributed by atoms with Crippen molar-refractivity contribution in [2.75, 3.05) is 6.61 Å². The van der Waals surface area contributed by atoms with E-state index in [4.69, 9.17) is 5.11 Å². The lowest BCUT2D eigenvalue weighted by atomic mass is 10.0. The van der Waals surface area contributed by atoms with Crippen molar-refractivity contribution in [2.24, 2.45) is 0 Å². The first-order valence-electron chi connectivity index (χ1n) is 5.76. The molecule has 0 aromatic heterocycles. The van der Waals surface area contributed by atoms with Gasteiger partial charge in [-0.2, -0.15) is 0 Å². The fraction of sp³-hybridized carbons (Fsp3) is 0.750. The first-order chi connectivity index (χ1) is 7.24. The summed E-state index contributed by atoms with van der Waals surface area (Å²) in [5.74, 6) is 0.0535. The molecule has 0 aliphatic heterocycles. The highest BCUT2D eigenvalue weighted by Gasteiger charge is 2.21. The predicted molar refractivity (Wildman–Crippen MR) is 58.5 cm³/mol. The molecule has 1 rings (SSSR count). The number of rotatable bonds is 7. The van der Waals surface area contributed by atoms with Crippen molar-refractivity contribution in [3.63, 3.8) is 0 Å². The third-order valence-corrected chi connectivity index (χ3v) is 2.79. The van der Waals surface area contributed by atoms with Crippen molar-refractivity contribution in [2.45, 2.75) is 51.0 Å². The van der Waals surface area contributed by atoms with Gasteiger partial charge in [0.2, 0.25) is 0 Å². The fourth-order valence-corrected chi connectivity index (χ4v) is 1.89. The van der Waals surface area contributed by atoms with E-state index in [0.717, 1.165) is 44.1 Å². The summed E-state index contributed by atoms with van der Waals surface area (Å²) in [4.78, 5) is 11.0. The molecule has 0 saturated carbocycles. The average Bonchev–Trinajstić information content (AvgIpc) is 2.51. The van der Waals surface area contributed by atoms with Crippen molar-refractivity contribution in [1.82, 2.24) is 0 Å². The zero-order chi connectivity index (χ0) is 11.1. The summed E-state index contributed by atoms with van der Waals surface area (Å²) in [6, 6.07) is 0. The third kappa shape index (κ3) is 4.58. The minimum absolute atomic E-state index is 0.0535. The lowest BCUT2D eigenvalue weighted by molar-refractivity contribution is -0.114. The zero-order valence-corrected chi connectivity index (χ0v) is 9.11. The summed E-state index contributed by atoms with van der Waals surface area (Å²) in [6.07, 6.45) is 7.40. The van der Waals surface area contributed by atoms with E-state index >= 15 is 0 Å². The largest absolute Gasteiger partial charge is 0.396 e. The quantitative estimate of drug-likeness (QED) is 0.630. The van der Waals surface area contributed by atoms with Crippen molar-refractivity contribution < 1.29 is 15.0 Å². The van der Waals surface area contributed by atoms with E-state index in [2.05, 4.69) is 0 Å². The van der Waals surface area contributed by atoms with Gasteiger partial charge in [-0.1, -0.05) is 19.3 Å². The molecule has 1 atom stereocenters. The molecule has 0 heterocycles. The summed E-state index contributed by atoms with van der Waals surface area (Å²) < 4.78 is 0. The van der Waals surface area contributed by atoms with Gasteiger partial charge in [0.1, 0.15) is 0 Å². The van der Waals surface area contributed by atoms with Gasteiger partial charge in [0.25, 0.3) is 0 Å². The number of aliphatic hydroxyl groups is 2. The van der Waals surface area contributed by atoms with E-state index < -0.39 is 6.10 Å². The van der Waals surface area contributed by atoms with Crippen LogP contribution in [0.1, 0.15) is 44.9 Å². The molecule has 0 amide bonds. The summed E-state index contributed by atoms with van der Waals surface area (Å²) in [6.45, 7) is 0.276. The van der Waals surface area contributed by atoms with Gasteiger partial charge >= 0.3 is 0 Å². The number of carbonyl (C=O) groups excluding carboxylic acids is 1. The number of aliphatic hydroxyl groups excluding tert-OH is 2. The number of carbonyl (C=O) groups is 1. The molecule has 0 bridgehead atoms. The molecular formula is C12H20O3. The van der Waals surface area contributed by atoms with Crippen molar-refractivity contribution in [1.29, 1.82) is 0 Å². The van der Waals surface area contributed by atoms with Crippen LogP contribution in [0.15, 0.2) is 11.6 Å². The molecule has 15 heavy (non-hydrogen) atoms. The van der Waals surface area contributed by atoms with Crippen LogP contribution in [-0.4, -0.2) is 28.7 Å². The minimum Gasteiger partial charge on any atom is -0.396 e. The standard InChI is InChI=1S/C12H20O3/c13-7-5-3-1-2-4-6-10-8-11(14)9-12(10)15/h8,12-13,15H,1-7,9H2. The molecule has 0 spiro atoms. The number of hydrogen-bond acceptors (Lipinski definition) is 3. The first-order valence-corrected chi connectivity index (χ1v) is 5.76. The van der Waals surface area contributed by atoms with Gasteiger partial charge in [0, 0.05) is 13.0 Å². The van der Waals surface area contributed by atoms with Crippen molar-refractivity contribution in [3.05, 3.63) is 11.6 Å². The van der Waals surface area contributed by atoms with Crippen LogP contribution in [0.25, 0.3) is 0 Å². The molecule has 0 saturated heterocycles. The Hall–Kier alpha value is -0.670. The highest BCUT2D eigenvalue weighted by Crippen LogP contribution is 2.21. The second kappa shape index (κ2) is 6.75. The van der Waals surface area contributed by atoms with Crippen LogP contribution in [0, 0.1) is 0 Å². The first kappa shape index (κ1) is 12.4. The SMILES string of the molecule is O=C1C=C(CCCCCCCO)C(O)C1. The van der Waals surface area contributed by atoms with Crippen molar-refractivity contribution >= 4 is 5.78 Å². The Morgan fingerprint density at radius 1 is 1.20 bits per heavy atom. The van der Waals surface area contributed by atoms with E-state index in [1.807, 2.05) is 0 Å². The highest BCUT2D eigenvalue weighted by molar-refractivity contribution is 5.93. The second-order valence-electron chi connectivity index (χ2n) is 4.15. The van der Waals surface area contributed by atoms with E-state index in [0.29, 0.717) is 0 Å². The maximum atomic E-state index is 11.0. The Morgan fingerprint density at radius 2 is 1.87 bits per heavy atom. The Morgan fingerprint density at radius 3 is 2.47 bits per heavy atom. The summed E-state index contributed by atoms with van der Waals surface area (Å²) in [7, 11) is 0. The molecule has 0 fully saturated rings. The van der Waals surface area contributed by atoms with Crippen LogP contribution < -0.4 is 0 Å². The molecule has 86 valence electrons. The monoisotopic (exact) mass is 212 g/mol. The van der Waals surface area contributed by atoms with Gasteiger partial charge in [-0.05, 0) is 30.9 Å². The Kier molecular flexibility index (Phi) is 5.58. The Balaban J connectivity index is 2.05. The molecule has 3 nitrogen and oxygen atoms in total. The van der Waals surface area contributed by atoms with Gasteiger partial charge in [-0.25, -0.2) is 0 Å². The smallest absolute Gasteiger partial charge is 0.158 e. The second-order valence-corrected chi connectivity index (χ2v) is 4.15. The molecule has 1 aliphatic carbocycles. The number of ketones is 1. The maximum Gasteiger partial charge on any atom is 0.158 e. The molecule has 3 heteroatoms. The molecule has 2 N–H and O–H groups in total. The molecule has 0 radical (unpaired) electrons. The zero-order valence-electron chi connectivity index (χ0n) is 9.11. The fourth-order valence-electron chi connectivity index (χ4n) is 1.89. The van der Waals surface area contributed by atoms with E-state index in [9.17, 15) is 9.90 Å². The van der Waals surface area contributed by atoms with Crippen LogP contribution in [0.4, 0.5) is 0 Å². The van der Waals surface area contributed by atoms with Crippen LogP contribution in [0.3, 0.4) is 0 Å². The van der Waals surface area contributed by atoms with Crippen LogP contribution in [-0.2, 0) is 4.79 Å². The third-order valence-electron chi connectivity index (χ3n) is 2.79. The molecule has 1 unspecified atom stereocenters. The van der Waals surface area contributed by atoms with Gasteiger partial charge in [-0.3, -0.25) is 4.79 Å². The molecule has 0 aromatic rings. The number of hydrogen-bond donors (Lipinski definition) is 2. The number of allylic oxidation sites excluding steroid dienone is 1. The van der Waals surface area contributed by atoms with Gasteiger partial charge in [0.05, 0.1) is 6.10 Å². The molecule has 1 aliphatic rings. The lowest BCUT2D eigenvalue weighted by Crippen LogP contribution is -2.06. The number of unbranched alkanes of at least 4 members (excludes halogenated alkanes) is 4. The minimum atomic E-state index is -0.519. The average molecular weight is 212 g/mol. The van der Waals surface area contributed by atoms with Gasteiger partial charge < -0.3 is 10.2 Å². The predicted octanol–water partition coefficient (Wildman–Crippen LogP) is 1.58. The normalized spacial score (nSPS) is 20.8. The maximum absolute atomic E-state index is 11.0. The Labute approximate surface area is 90.8 Å². The van der Waals surface area contributed by atoms with E-state index in [1.54, 1.807) is 6.08 Å². The summed E-state index contributed by atoms with van der Waals surface area (Å²) >= 11 is 0. The highest BCUT2D eigenvalue weighted by atomic mass is 16.3. The van der Waals surface area contributed by atoms with Crippen LogP contribution in [0.2, 0.25) is 0 Å². The topological polar surface area (TPSA) is 57.5 Å². The molecular weight excluding hydrogens is 192 g/mol. The summed E-state index contributed by atoms with van der Waals surface area (Å²) in [5, 5.41) is 18.1. The van der Waals surface area contributed by atoms with E-state index in [-0.39, 0.29) is 18.8 Å². The lowest BCUT2D eigenvalue weighted by Gasteiger charge is -2.06. The van der Waals surface area contributed by atoms with E-state index in [1.165, 1.54) is 0 Å². The molecule has 0 aromatic carbocycles. The summed E-state index contributed by atoms with van der Waals surface area (Å²) in [5.41, 5.74) is 0.905. The van der Waals surface area contributed by atoms with Crippen LogP contribution >= 0.6 is 0 Å². The van der Waals surface area contributed by atoms with Crippen molar-refractivity contribution in [3.8, 4) is 0 Å². The Bertz CT molecular complexity index is 233. The van der Waals surface area contributed by atoms with Gasteiger partial charge in [0.15, 0.2) is 5.78 Å². The van der Waals surface area contributed by atoms with Gasteiger partial charge in [-0.15, -0.1) is 0 Å². The van der Waals surface area contributed by atoms with Crippen LogP contribution in [0.5, 0.6) is 0 Å².